The van der Waals surface area contributed by atoms with Gasteiger partial charge in [-0.15, -0.1) is 11.3 Å². The number of nitrogens with one attached hydrogen (secondary N) is 2. The zero-order valence-corrected chi connectivity index (χ0v) is 18.0. The maximum Gasteiger partial charge on any atom is 0.271 e. The highest BCUT2D eigenvalue weighted by molar-refractivity contribution is 7.14. The zero-order valence-electron chi connectivity index (χ0n) is 17.2. The van der Waals surface area contributed by atoms with E-state index in [-0.39, 0.29) is 17.4 Å². The Morgan fingerprint density at radius 2 is 1.96 bits per heavy atom. The van der Waals surface area contributed by atoms with Gasteiger partial charge >= 0.3 is 0 Å². The zero-order chi connectivity index (χ0) is 20.3. The monoisotopic (exact) mass is 403 g/mol. The first kappa shape index (κ1) is 20.5. The second-order valence-electron chi connectivity index (χ2n) is 8.32. The van der Waals surface area contributed by atoms with Crippen LogP contribution in [0.25, 0.3) is 0 Å². The van der Waals surface area contributed by atoms with E-state index in [0.29, 0.717) is 28.2 Å². The van der Waals surface area contributed by atoms with Crippen LogP contribution in [0, 0.1) is 11.3 Å². The summed E-state index contributed by atoms with van der Waals surface area (Å²) >= 11 is 1.40. The summed E-state index contributed by atoms with van der Waals surface area (Å²) in [5, 5.41) is 8.84. The number of carbonyl (C=O) groups excluding carboxylic acids is 1. The Kier molecular flexibility index (Phi) is 6.13. The molecule has 1 aliphatic carbocycles. The Morgan fingerprint density at radius 3 is 2.64 bits per heavy atom. The quantitative estimate of drug-likeness (QED) is 0.721. The van der Waals surface area contributed by atoms with Crippen molar-refractivity contribution in [2.24, 2.45) is 11.3 Å². The molecule has 7 heteroatoms. The molecule has 152 valence electrons. The fraction of sp³-hybridized carbons (Fsp3) is 0.524. The minimum atomic E-state index is -0.105. The van der Waals surface area contributed by atoms with Gasteiger partial charge in [-0.05, 0) is 42.7 Å². The minimum Gasteiger partial charge on any atom is -0.493 e. The normalized spacial score (nSPS) is 21.0. The van der Waals surface area contributed by atoms with Crippen LogP contribution in [0.5, 0.6) is 11.5 Å². The van der Waals surface area contributed by atoms with Crippen molar-refractivity contribution >= 4 is 28.1 Å². The summed E-state index contributed by atoms with van der Waals surface area (Å²) < 4.78 is 10.6. The number of thiazole rings is 1. The van der Waals surface area contributed by atoms with Gasteiger partial charge in [-0.2, -0.15) is 0 Å². The number of amides is 1. The summed E-state index contributed by atoms with van der Waals surface area (Å²) in [5.41, 5.74) is 1.53. The molecule has 3 rings (SSSR count). The van der Waals surface area contributed by atoms with Gasteiger partial charge in [0, 0.05) is 23.2 Å². The molecule has 0 aliphatic heterocycles. The van der Waals surface area contributed by atoms with Gasteiger partial charge in [-0.1, -0.05) is 20.8 Å². The van der Waals surface area contributed by atoms with Gasteiger partial charge in [-0.25, -0.2) is 4.98 Å². The molecule has 0 bridgehead atoms. The Bertz CT molecular complexity index is 834. The second kappa shape index (κ2) is 8.39. The lowest BCUT2D eigenvalue weighted by Crippen LogP contribution is -2.43. The van der Waals surface area contributed by atoms with E-state index in [1.807, 2.05) is 18.2 Å². The Hall–Kier alpha value is -2.28. The first-order valence-electron chi connectivity index (χ1n) is 9.55. The number of methoxy groups -OCH3 is 2. The molecular weight excluding hydrogens is 374 g/mol. The van der Waals surface area contributed by atoms with E-state index in [1.165, 1.54) is 17.8 Å². The maximum absolute atomic E-state index is 12.6. The molecule has 0 radical (unpaired) electrons. The van der Waals surface area contributed by atoms with Crippen molar-refractivity contribution in [2.45, 2.75) is 46.1 Å². The third kappa shape index (κ3) is 4.95. The van der Waals surface area contributed by atoms with Gasteiger partial charge in [0.05, 0.1) is 14.2 Å². The summed E-state index contributed by atoms with van der Waals surface area (Å²) in [6.07, 6.45) is 3.23. The van der Waals surface area contributed by atoms with Gasteiger partial charge in [0.1, 0.15) is 5.69 Å². The molecule has 1 aliphatic rings. The number of anilines is 2. The smallest absolute Gasteiger partial charge is 0.271 e. The molecular formula is C21H29N3O3S. The number of benzene rings is 1. The highest BCUT2D eigenvalue weighted by Crippen LogP contribution is 2.38. The van der Waals surface area contributed by atoms with E-state index < -0.39 is 0 Å². The predicted molar refractivity (Wildman–Crippen MR) is 113 cm³/mol. The number of nitrogens with zero attached hydrogens (tertiary/aromatic N) is 1. The molecule has 1 saturated carbocycles. The lowest BCUT2D eigenvalue weighted by atomic mass is 9.70. The summed E-state index contributed by atoms with van der Waals surface area (Å²) in [6, 6.07) is 5.75. The first-order valence-corrected chi connectivity index (χ1v) is 10.4. The molecule has 2 aromatic rings. The van der Waals surface area contributed by atoms with E-state index in [9.17, 15) is 4.79 Å². The van der Waals surface area contributed by atoms with Crippen LogP contribution in [0.2, 0.25) is 0 Å². The van der Waals surface area contributed by atoms with Crippen molar-refractivity contribution in [3.8, 4) is 11.5 Å². The lowest BCUT2D eigenvalue weighted by Gasteiger charge is -2.39. The summed E-state index contributed by atoms with van der Waals surface area (Å²) in [4.78, 5) is 17.1. The molecule has 2 atom stereocenters. The van der Waals surface area contributed by atoms with Gasteiger partial charge in [0.25, 0.3) is 5.91 Å². The fourth-order valence-corrected chi connectivity index (χ4v) is 4.90. The molecule has 2 unspecified atom stereocenters. The van der Waals surface area contributed by atoms with Gasteiger partial charge in [-0.3, -0.25) is 4.79 Å². The van der Waals surface area contributed by atoms with E-state index >= 15 is 0 Å². The number of carbonyl (C=O) groups is 1. The van der Waals surface area contributed by atoms with Crippen molar-refractivity contribution in [2.75, 3.05) is 19.5 Å². The third-order valence-electron chi connectivity index (χ3n) is 5.09. The summed E-state index contributed by atoms with van der Waals surface area (Å²) in [7, 11) is 3.20. The molecule has 1 heterocycles. The predicted octanol–water partition coefficient (Wildman–Crippen LogP) is 4.85. The third-order valence-corrected chi connectivity index (χ3v) is 5.85. The topological polar surface area (TPSA) is 72.5 Å². The van der Waals surface area contributed by atoms with Crippen molar-refractivity contribution in [1.82, 2.24) is 10.3 Å². The van der Waals surface area contributed by atoms with Crippen LogP contribution < -0.4 is 20.1 Å². The number of ether oxygens (including phenoxy) is 2. The van der Waals surface area contributed by atoms with E-state index in [4.69, 9.17) is 9.47 Å². The Labute approximate surface area is 170 Å². The van der Waals surface area contributed by atoms with Crippen molar-refractivity contribution in [3.05, 3.63) is 29.3 Å². The highest BCUT2D eigenvalue weighted by Gasteiger charge is 2.33. The first-order chi connectivity index (χ1) is 13.3. The Morgan fingerprint density at radius 1 is 1.21 bits per heavy atom. The van der Waals surface area contributed by atoms with Crippen LogP contribution in [0.15, 0.2) is 23.6 Å². The van der Waals surface area contributed by atoms with Crippen LogP contribution in [0.4, 0.5) is 10.8 Å². The van der Waals surface area contributed by atoms with E-state index in [1.54, 1.807) is 19.6 Å². The average Bonchev–Trinajstić information content (AvgIpc) is 3.08. The van der Waals surface area contributed by atoms with Crippen LogP contribution in [0.1, 0.15) is 50.5 Å². The van der Waals surface area contributed by atoms with Crippen LogP contribution in [-0.2, 0) is 0 Å². The molecule has 0 spiro atoms. The van der Waals surface area contributed by atoms with Crippen molar-refractivity contribution < 1.29 is 14.3 Å². The number of rotatable bonds is 6. The molecule has 1 aromatic carbocycles. The molecule has 6 nitrogen and oxygen atoms in total. The van der Waals surface area contributed by atoms with Gasteiger partial charge in [0.2, 0.25) is 0 Å². The van der Waals surface area contributed by atoms with Crippen molar-refractivity contribution in [3.63, 3.8) is 0 Å². The molecule has 1 amide bonds. The number of hydrogen-bond donors (Lipinski definition) is 2. The number of aromatic nitrogens is 1. The summed E-state index contributed by atoms with van der Waals surface area (Å²) in [6.45, 7) is 6.81. The van der Waals surface area contributed by atoms with Gasteiger partial charge < -0.3 is 20.1 Å². The molecule has 1 fully saturated rings. The summed E-state index contributed by atoms with van der Waals surface area (Å²) in [5.74, 6) is 1.81. The van der Waals surface area contributed by atoms with Crippen LogP contribution in [-0.4, -0.2) is 31.2 Å². The van der Waals surface area contributed by atoms with Crippen LogP contribution in [0.3, 0.4) is 0 Å². The minimum absolute atomic E-state index is 0.105. The number of hydrogen-bond acceptors (Lipinski definition) is 6. The Balaban J connectivity index is 1.64. The molecule has 2 N–H and O–H groups in total. The van der Waals surface area contributed by atoms with E-state index in [2.05, 4.69) is 36.4 Å². The second-order valence-corrected chi connectivity index (χ2v) is 9.17. The van der Waals surface area contributed by atoms with Crippen molar-refractivity contribution in [1.29, 1.82) is 0 Å². The van der Waals surface area contributed by atoms with Crippen LogP contribution >= 0.6 is 11.3 Å². The standard InChI is InChI=1S/C21H29N3O3S/c1-13-8-15(11-21(2,3)10-13)22-19(25)16-12-28-20(24-16)23-14-6-7-17(26-4)18(9-14)27-5/h6-7,9,12-13,15H,8,10-11H2,1-5H3,(H,22,25)(H,23,24). The fourth-order valence-electron chi connectivity index (χ4n) is 4.19. The largest absolute Gasteiger partial charge is 0.493 e. The maximum atomic E-state index is 12.6. The average molecular weight is 404 g/mol. The molecule has 0 saturated heterocycles. The lowest BCUT2D eigenvalue weighted by molar-refractivity contribution is 0.0870. The molecule has 28 heavy (non-hydrogen) atoms. The van der Waals surface area contributed by atoms with E-state index in [0.717, 1.165) is 18.5 Å². The van der Waals surface area contributed by atoms with Gasteiger partial charge in [0.15, 0.2) is 16.6 Å². The molecule has 1 aromatic heterocycles. The highest BCUT2D eigenvalue weighted by atomic mass is 32.1. The SMILES string of the molecule is COc1ccc(Nc2nc(C(=O)NC3CC(C)CC(C)(C)C3)cs2)cc1OC.